The van der Waals surface area contributed by atoms with Crippen molar-refractivity contribution in [2.24, 2.45) is 0 Å². The Bertz CT molecular complexity index is 769. The minimum atomic E-state index is -0.843. The molecule has 1 aliphatic heterocycles. The lowest BCUT2D eigenvalue weighted by atomic mass is 10.0. The van der Waals surface area contributed by atoms with Crippen molar-refractivity contribution in [2.45, 2.75) is 18.6 Å². The summed E-state index contributed by atoms with van der Waals surface area (Å²) < 4.78 is 0. The molecule has 25 heavy (non-hydrogen) atoms. The average molecular weight is 360 g/mol. The van der Waals surface area contributed by atoms with Crippen LogP contribution in [0, 0.1) is 0 Å². The summed E-state index contributed by atoms with van der Waals surface area (Å²) in [5.41, 5.74) is 0.780. The topological polar surface area (TPSA) is 82.5 Å². The third kappa shape index (κ3) is 4.15. The number of aromatic nitrogens is 1. The van der Waals surface area contributed by atoms with E-state index in [0.29, 0.717) is 29.2 Å². The van der Waals surface area contributed by atoms with Crippen LogP contribution < -0.4 is 5.32 Å². The predicted molar refractivity (Wildman–Crippen MR) is 93.5 cm³/mol. The van der Waals surface area contributed by atoms with Gasteiger partial charge in [0.25, 0.3) is 11.8 Å². The molecule has 3 rings (SSSR count). The second-order valence-corrected chi connectivity index (χ2v) is 6.35. The summed E-state index contributed by atoms with van der Waals surface area (Å²) >= 11 is 5.89. The van der Waals surface area contributed by atoms with E-state index in [4.69, 9.17) is 11.6 Å². The molecule has 2 atom stereocenters. The molecule has 2 amide bonds. The van der Waals surface area contributed by atoms with Gasteiger partial charge < -0.3 is 15.3 Å². The number of nitrogens with zero attached hydrogens (tertiary/aromatic N) is 2. The molecule has 2 unspecified atom stereocenters. The zero-order chi connectivity index (χ0) is 17.8. The lowest BCUT2D eigenvalue weighted by Crippen LogP contribution is -2.55. The third-order valence-electron chi connectivity index (χ3n) is 4.16. The quantitative estimate of drug-likeness (QED) is 0.874. The molecule has 130 valence electrons. The molecule has 0 saturated carbocycles. The molecule has 1 aromatic heterocycles. The van der Waals surface area contributed by atoms with Gasteiger partial charge in [0.1, 0.15) is 5.69 Å². The number of rotatable bonds is 3. The van der Waals surface area contributed by atoms with Crippen molar-refractivity contribution in [1.29, 1.82) is 0 Å². The Morgan fingerprint density at radius 3 is 2.76 bits per heavy atom. The van der Waals surface area contributed by atoms with Gasteiger partial charge in [-0.2, -0.15) is 0 Å². The summed E-state index contributed by atoms with van der Waals surface area (Å²) in [7, 11) is 0. The van der Waals surface area contributed by atoms with Gasteiger partial charge in [-0.1, -0.05) is 23.7 Å². The van der Waals surface area contributed by atoms with E-state index in [9.17, 15) is 14.7 Å². The van der Waals surface area contributed by atoms with E-state index in [2.05, 4.69) is 10.3 Å². The number of hydrogen-bond acceptors (Lipinski definition) is 4. The van der Waals surface area contributed by atoms with Crippen LogP contribution in [-0.4, -0.2) is 52.0 Å². The Hall–Kier alpha value is -2.44. The van der Waals surface area contributed by atoms with Crippen molar-refractivity contribution < 1.29 is 14.7 Å². The van der Waals surface area contributed by atoms with E-state index in [1.165, 1.54) is 0 Å². The van der Waals surface area contributed by atoms with Gasteiger partial charge >= 0.3 is 0 Å². The first-order chi connectivity index (χ1) is 12.0. The van der Waals surface area contributed by atoms with Crippen LogP contribution in [0.3, 0.4) is 0 Å². The maximum absolute atomic E-state index is 12.4. The molecule has 1 fully saturated rings. The van der Waals surface area contributed by atoms with Crippen LogP contribution in [0.2, 0.25) is 5.02 Å². The molecule has 6 nitrogen and oxygen atoms in total. The SMILES string of the molecule is O=C(NC1CCN(C(=O)c2ccccn2)CC1O)c1cccc(Cl)c1. The normalized spacial score (nSPS) is 20.2. The minimum absolute atomic E-state index is 0.149. The third-order valence-corrected chi connectivity index (χ3v) is 4.39. The molecule has 7 heteroatoms. The number of β-amino-alcohol motifs (C(OH)–C–C–N with tert-alkyl or cyclic N) is 1. The van der Waals surface area contributed by atoms with E-state index in [-0.39, 0.29) is 18.4 Å². The summed E-state index contributed by atoms with van der Waals surface area (Å²) in [6, 6.07) is 11.3. The van der Waals surface area contributed by atoms with E-state index in [0.717, 1.165) is 0 Å². The zero-order valence-corrected chi connectivity index (χ0v) is 14.2. The number of piperidine rings is 1. The maximum Gasteiger partial charge on any atom is 0.272 e. The zero-order valence-electron chi connectivity index (χ0n) is 13.4. The van der Waals surface area contributed by atoms with Gasteiger partial charge in [-0.05, 0) is 36.8 Å². The molecule has 1 saturated heterocycles. The van der Waals surface area contributed by atoms with Gasteiger partial charge in [0.15, 0.2) is 0 Å². The smallest absolute Gasteiger partial charge is 0.272 e. The summed E-state index contributed by atoms with van der Waals surface area (Å²) in [6.45, 7) is 0.586. The van der Waals surface area contributed by atoms with Crippen LogP contribution in [0.1, 0.15) is 27.3 Å². The molecular formula is C18H18ClN3O3. The summed E-state index contributed by atoms with van der Waals surface area (Å²) in [5, 5.41) is 13.6. The number of aliphatic hydroxyl groups excluding tert-OH is 1. The highest BCUT2D eigenvalue weighted by molar-refractivity contribution is 6.30. The number of amides is 2. The number of pyridine rings is 1. The fourth-order valence-corrected chi connectivity index (χ4v) is 3.01. The van der Waals surface area contributed by atoms with Gasteiger partial charge in [0, 0.05) is 29.9 Å². The number of carbonyl (C=O) groups excluding carboxylic acids is 2. The fraction of sp³-hybridized carbons (Fsp3) is 0.278. The fourth-order valence-electron chi connectivity index (χ4n) is 2.82. The first kappa shape index (κ1) is 17.4. The molecule has 2 heterocycles. The molecule has 0 aliphatic carbocycles. The van der Waals surface area contributed by atoms with Crippen LogP contribution in [0.5, 0.6) is 0 Å². The number of benzene rings is 1. The Labute approximate surface area is 150 Å². The lowest BCUT2D eigenvalue weighted by Gasteiger charge is -2.36. The minimum Gasteiger partial charge on any atom is -0.389 e. The first-order valence-corrected chi connectivity index (χ1v) is 8.37. The monoisotopic (exact) mass is 359 g/mol. The number of likely N-dealkylation sites (tertiary alicyclic amines) is 1. The van der Waals surface area contributed by atoms with Crippen LogP contribution in [0.15, 0.2) is 48.7 Å². The highest BCUT2D eigenvalue weighted by Crippen LogP contribution is 2.16. The predicted octanol–water partition coefficient (Wildman–Crippen LogP) is 1.74. The molecule has 2 aromatic rings. The Morgan fingerprint density at radius 1 is 1.24 bits per heavy atom. The standard InChI is InChI=1S/C18H18ClN3O3/c19-13-5-3-4-12(10-13)17(24)21-14-7-9-22(11-16(14)23)18(25)15-6-1-2-8-20-15/h1-6,8,10,14,16,23H,7,9,11H2,(H,21,24). The van der Waals surface area contributed by atoms with Gasteiger partial charge in [-0.15, -0.1) is 0 Å². The highest BCUT2D eigenvalue weighted by Gasteiger charge is 2.32. The molecule has 0 bridgehead atoms. The Kier molecular flexibility index (Phi) is 5.31. The van der Waals surface area contributed by atoms with Crippen molar-refractivity contribution in [3.05, 3.63) is 64.9 Å². The van der Waals surface area contributed by atoms with Gasteiger partial charge in [-0.25, -0.2) is 0 Å². The number of nitrogens with one attached hydrogen (secondary N) is 1. The molecule has 1 aliphatic rings. The summed E-state index contributed by atoms with van der Waals surface area (Å²) in [6.07, 6.45) is 1.18. The van der Waals surface area contributed by atoms with Gasteiger partial charge in [0.05, 0.1) is 12.1 Å². The van der Waals surface area contributed by atoms with Gasteiger partial charge in [-0.3, -0.25) is 14.6 Å². The van der Waals surface area contributed by atoms with Crippen molar-refractivity contribution in [3.63, 3.8) is 0 Å². The molecule has 2 N–H and O–H groups in total. The van der Waals surface area contributed by atoms with E-state index in [1.54, 1.807) is 53.6 Å². The van der Waals surface area contributed by atoms with E-state index >= 15 is 0 Å². The molecule has 1 aromatic carbocycles. The average Bonchev–Trinajstić information content (AvgIpc) is 2.63. The van der Waals surface area contributed by atoms with Crippen molar-refractivity contribution in [3.8, 4) is 0 Å². The van der Waals surface area contributed by atoms with Crippen LogP contribution in [0.25, 0.3) is 0 Å². The first-order valence-electron chi connectivity index (χ1n) is 7.99. The van der Waals surface area contributed by atoms with Crippen LogP contribution in [0.4, 0.5) is 0 Å². The Morgan fingerprint density at radius 2 is 2.08 bits per heavy atom. The van der Waals surface area contributed by atoms with Crippen molar-refractivity contribution in [2.75, 3.05) is 13.1 Å². The van der Waals surface area contributed by atoms with Crippen molar-refractivity contribution >= 4 is 23.4 Å². The molecule has 0 spiro atoms. The number of halogens is 1. The van der Waals surface area contributed by atoms with Gasteiger partial charge in [0.2, 0.25) is 0 Å². The van der Waals surface area contributed by atoms with E-state index < -0.39 is 12.1 Å². The number of hydrogen-bond donors (Lipinski definition) is 2. The largest absolute Gasteiger partial charge is 0.389 e. The number of carbonyl (C=O) groups is 2. The summed E-state index contributed by atoms with van der Waals surface area (Å²) in [5.74, 6) is -0.518. The lowest BCUT2D eigenvalue weighted by molar-refractivity contribution is 0.0311. The van der Waals surface area contributed by atoms with Crippen LogP contribution >= 0.6 is 11.6 Å². The van der Waals surface area contributed by atoms with Crippen molar-refractivity contribution in [1.82, 2.24) is 15.2 Å². The maximum atomic E-state index is 12.4. The highest BCUT2D eigenvalue weighted by atomic mass is 35.5. The number of aliphatic hydroxyl groups is 1. The Balaban J connectivity index is 1.60. The molecular weight excluding hydrogens is 342 g/mol. The second-order valence-electron chi connectivity index (χ2n) is 5.91. The van der Waals surface area contributed by atoms with E-state index in [1.807, 2.05) is 0 Å². The second kappa shape index (κ2) is 7.63. The summed E-state index contributed by atoms with van der Waals surface area (Å²) in [4.78, 5) is 30.2. The molecule has 0 radical (unpaired) electrons. The van der Waals surface area contributed by atoms with Crippen LogP contribution in [-0.2, 0) is 0 Å².